The Morgan fingerprint density at radius 3 is 2.71 bits per heavy atom. The van der Waals surface area contributed by atoms with Crippen molar-refractivity contribution in [2.24, 2.45) is 0 Å². The molecule has 0 saturated heterocycles. The zero-order chi connectivity index (χ0) is 20.0. The van der Waals surface area contributed by atoms with Gasteiger partial charge in [0.25, 0.3) is 5.91 Å². The second-order valence-corrected chi connectivity index (χ2v) is 7.96. The Labute approximate surface area is 165 Å². The summed E-state index contributed by atoms with van der Waals surface area (Å²) in [6.45, 7) is 10.9. The second kappa shape index (κ2) is 7.04. The number of aromatic nitrogens is 5. The number of hydrogen-bond donors (Lipinski definition) is 1. The van der Waals surface area contributed by atoms with E-state index in [1.807, 2.05) is 42.3 Å². The average molecular weight is 380 g/mol. The van der Waals surface area contributed by atoms with Crippen molar-refractivity contribution in [1.82, 2.24) is 29.9 Å². The number of aryl methyl sites for hydroxylation is 2. The molecule has 3 aromatic rings. The highest BCUT2D eigenvalue weighted by molar-refractivity contribution is 6.06. The third-order valence-electron chi connectivity index (χ3n) is 5.43. The van der Waals surface area contributed by atoms with Crippen LogP contribution < -0.4 is 5.32 Å². The van der Waals surface area contributed by atoms with Gasteiger partial charge in [-0.15, -0.1) is 0 Å². The van der Waals surface area contributed by atoms with E-state index in [2.05, 4.69) is 29.4 Å². The maximum atomic E-state index is 13.3. The van der Waals surface area contributed by atoms with E-state index in [0.29, 0.717) is 11.5 Å². The van der Waals surface area contributed by atoms with Gasteiger partial charge >= 0.3 is 0 Å². The Bertz CT molecular complexity index is 1030. The van der Waals surface area contributed by atoms with Crippen molar-refractivity contribution in [1.29, 1.82) is 0 Å². The highest BCUT2D eigenvalue weighted by Crippen LogP contribution is 2.40. The van der Waals surface area contributed by atoms with Gasteiger partial charge in [-0.05, 0) is 59.6 Å². The summed E-state index contributed by atoms with van der Waals surface area (Å²) in [5.41, 5.74) is 4.33. The predicted octanol–water partition coefficient (Wildman–Crippen LogP) is 3.91. The Kier molecular flexibility index (Phi) is 4.69. The van der Waals surface area contributed by atoms with Crippen LogP contribution in [0, 0.1) is 6.92 Å². The molecule has 1 fully saturated rings. The molecule has 4 rings (SSSR count). The highest BCUT2D eigenvalue weighted by Gasteiger charge is 2.29. The van der Waals surface area contributed by atoms with Gasteiger partial charge in [0.2, 0.25) is 0 Å². The van der Waals surface area contributed by atoms with Crippen molar-refractivity contribution in [3.8, 4) is 0 Å². The molecule has 1 saturated carbocycles. The van der Waals surface area contributed by atoms with Gasteiger partial charge in [-0.25, -0.2) is 9.67 Å². The van der Waals surface area contributed by atoms with E-state index in [9.17, 15) is 4.79 Å². The number of fused-ring (bicyclic) bond motifs is 1. The number of nitrogens with one attached hydrogen (secondary N) is 1. The molecule has 3 aromatic heterocycles. The lowest BCUT2D eigenvalue weighted by Crippen LogP contribution is -2.28. The zero-order valence-electron chi connectivity index (χ0n) is 17.2. The minimum atomic E-state index is -0.136. The number of carbonyl (C=O) groups is 1. The van der Waals surface area contributed by atoms with Gasteiger partial charge in [0.1, 0.15) is 0 Å². The van der Waals surface area contributed by atoms with E-state index < -0.39 is 0 Å². The van der Waals surface area contributed by atoms with Crippen molar-refractivity contribution in [2.45, 2.75) is 72.0 Å². The smallest absolute Gasteiger partial charge is 0.252 e. The van der Waals surface area contributed by atoms with Crippen LogP contribution in [0.5, 0.6) is 0 Å². The van der Waals surface area contributed by atoms with Crippen LogP contribution in [0.3, 0.4) is 0 Å². The maximum absolute atomic E-state index is 13.3. The second-order valence-electron chi connectivity index (χ2n) is 7.96. The largest absolute Gasteiger partial charge is 0.344 e. The number of amides is 1. The van der Waals surface area contributed by atoms with Crippen LogP contribution in [0.4, 0.5) is 0 Å². The molecule has 0 radical (unpaired) electrons. The molecule has 1 aliphatic rings. The Morgan fingerprint density at radius 1 is 1.32 bits per heavy atom. The standard InChI is InChI=1S/C21H28N6O/c1-6-26-18(9-10-22-26)13(4)23-21(28)16-11-17(15-7-8-15)24-20-19(16)14(5)25-27(20)12(2)3/h9-13,15H,6-8H2,1-5H3,(H,23,28). The minimum absolute atomic E-state index is 0.0861. The van der Waals surface area contributed by atoms with E-state index in [-0.39, 0.29) is 18.0 Å². The van der Waals surface area contributed by atoms with Crippen molar-refractivity contribution >= 4 is 16.9 Å². The summed E-state index contributed by atoms with van der Waals surface area (Å²) in [7, 11) is 0. The van der Waals surface area contributed by atoms with E-state index >= 15 is 0 Å². The van der Waals surface area contributed by atoms with Gasteiger partial charge < -0.3 is 5.32 Å². The van der Waals surface area contributed by atoms with Gasteiger partial charge in [0.05, 0.1) is 28.4 Å². The molecule has 1 aliphatic carbocycles. The fraction of sp³-hybridized carbons (Fsp3) is 0.524. The van der Waals surface area contributed by atoms with Crippen molar-refractivity contribution in [2.75, 3.05) is 0 Å². The number of carbonyl (C=O) groups excluding carboxylic acids is 1. The molecule has 0 aliphatic heterocycles. The quantitative estimate of drug-likeness (QED) is 0.703. The monoisotopic (exact) mass is 380 g/mol. The third kappa shape index (κ3) is 3.19. The number of hydrogen-bond acceptors (Lipinski definition) is 4. The Balaban J connectivity index is 1.75. The summed E-state index contributed by atoms with van der Waals surface area (Å²) >= 11 is 0. The normalized spacial score (nSPS) is 15.4. The van der Waals surface area contributed by atoms with Crippen LogP contribution in [-0.2, 0) is 6.54 Å². The highest BCUT2D eigenvalue weighted by atomic mass is 16.1. The number of nitrogens with zero attached hydrogens (tertiary/aromatic N) is 5. The summed E-state index contributed by atoms with van der Waals surface area (Å²) in [4.78, 5) is 18.2. The summed E-state index contributed by atoms with van der Waals surface area (Å²) < 4.78 is 3.84. The first-order valence-electron chi connectivity index (χ1n) is 10.1. The van der Waals surface area contributed by atoms with Gasteiger partial charge in [0.15, 0.2) is 5.65 Å². The first-order chi connectivity index (χ1) is 13.4. The first-order valence-corrected chi connectivity index (χ1v) is 10.1. The van der Waals surface area contributed by atoms with E-state index in [1.165, 1.54) is 0 Å². The molecule has 7 heteroatoms. The predicted molar refractivity (Wildman–Crippen MR) is 108 cm³/mol. The van der Waals surface area contributed by atoms with E-state index in [4.69, 9.17) is 4.98 Å². The van der Waals surface area contributed by atoms with Gasteiger partial charge in [0, 0.05) is 30.4 Å². The first kappa shape index (κ1) is 18.7. The Morgan fingerprint density at radius 2 is 2.07 bits per heavy atom. The molecule has 0 aromatic carbocycles. The van der Waals surface area contributed by atoms with E-state index in [1.54, 1.807) is 6.20 Å². The molecule has 148 valence electrons. The van der Waals surface area contributed by atoms with Crippen LogP contribution in [0.1, 0.15) is 86.0 Å². The molecule has 28 heavy (non-hydrogen) atoms. The van der Waals surface area contributed by atoms with Crippen LogP contribution in [0.25, 0.3) is 11.0 Å². The topological polar surface area (TPSA) is 77.6 Å². The van der Waals surface area contributed by atoms with E-state index in [0.717, 1.165) is 47.5 Å². The minimum Gasteiger partial charge on any atom is -0.344 e. The summed E-state index contributed by atoms with van der Waals surface area (Å²) in [5, 5.41) is 13.0. The number of pyridine rings is 1. The molecule has 3 heterocycles. The van der Waals surface area contributed by atoms with Crippen LogP contribution >= 0.6 is 0 Å². The molecular formula is C21H28N6O. The average Bonchev–Trinajstić information content (AvgIpc) is 3.31. The molecule has 1 amide bonds. The summed E-state index contributed by atoms with van der Waals surface area (Å²) in [5.74, 6) is 0.378. The lowest BCUT2D eigenvalue weighted by molar-refractivity contribution is 0.0939. The van der Waals surface area contributed by atoms with Crippen molar-refractivity contribution in [3.63, 3.8) is 0 Å². The van der Waals surface area contributed by atoms with Crippen LogP contribution in [0.2, 0.25) is 0 Å². The Hall–Kier alpha value is -2.70. The lowest BCUT2D eigenvalue weighted by atomic mass is 10.1. The molecule has 1 atom stereocenters. The zero-order valence-corrected chi connectivity index (χ0v) is 17.2. The van der Waals surface area contributed by atoms with Gasteiger partial charge in [-0.2, -0.15) is 10.2 Å². The SMILES string of the molecule is CCn1nccc1C(C)NC(=O)c1cc(C2CC2)nc2c1c(C)nn2C(C)C. The third-order valence-corrected chi connectivity index (χ3v) is 5.43. The summed E-state index contributed by atoms with van der Waals surface area (Å²) in [6, 6.07) is 3.97. The summed E-state index contributed by atoms with van der Waals surface area (Å²) in [6.07, 6.45) is 4.05. The van der Waals surface area contributed by atoms with Crippen LogP contribution in [0.15, 0.2) is 18.3 Å². The molecule has 0 spiro atoms. The molecule has 0 bridgehead atoms. The molecule has 1 N–H and O–H groups in total. The molecule has 7 nitrogen and oxygen atoms in total. The van der Waals surface area contributed by atoms with Crippen molar-refractivity contribution in [3.05, 3.63) is 41.0 Å². The van der Waals surface area contributed by atoms with Gasteiger partial charge in [-0.1, -0.05) is 0 Å². The van der Waals surface area contributed by atoms with Crippen molar-refractivity contribution < 1.29 is 4.79 Å². The molecular weight excluding hydrogens is 352 g/mol. The molecule has 1 unspecified atom stereocenters. The number of rotatable bonds is 6. The van der Waals surface area contributed by atoms with Crippen LogP contribution in [-0.4, -0.2) is 30.5 Å². The lowest BCUT2D eigenvalue weighted by Gasteiger charge is -2.16. The fourth-order valence-electron chi connectivity index (χ4n) is 3.78. The maximum Gasteiger partial charge on any atom is 0.252 e. The fourth-order valence-corrected chi connectivity index (χ4v) is 3.78. The van der Waals surface area contributed by atoms with Gasteiger partial charge in [-0.3, -0.25) is 9.48 Å².